The van der Waals surface area contributed by atoms with Crippen LogP contribution in [-0.4, -0.2) is 51.4 Å². The van der Waals surface area contributed by atoms with Crippen molar-refractivity contribution in [1.29, 1.82) is 0 Å². The number of amides is 2. The summed E-state index contributed by atoms with van der Waals surface area (Å²) in [6, 6.07) is 26.6. The van der Waals surface area contributed by atoms with Gasteiger partial charge in [-0.1, -0.05) is 60.2 Å². The first-order chi connectivity index (χ1) is 21.1. The van der Waals surface area contributed by atoms with Crippen molar-refractivity contribution in [3.63, 3.8) is 0 Å². The highest BCUT2D eigenvalue weighted by molar-refractivity contribution is 7.92. The van der Waals surface area contributed by atoms with Crippen molar-refractivity contribution in [3.8, 4) is 5.75 Å². The lowest BCUT2D eigenvalue weighted by atomic mass is 10.0. The summed E-state index contributed by atoms with van der Waals surface area (Å²) in [6.45, 7) is 3.33. The molecule has 0 aliphatic heterocycles. The Morgan fingerprint density at radius 2 is 1.50 bits per heavy atom. The number of carbonyl (C=O) groups is 2. The molecule has 0 fully saturated rings. The molecule has 10 heteroatoms. The Labute approximate surface area is 258 Å². The Balaban J connectivity index is 1.79. The highest BCUT2D eigenvalue weighted by Gasteiger charge is 2.34. The lowest BCUT2D eigenvalue weighted by Crippen LogP contribution is -2.53. The maximum atomic E-state index is 14.3. The zero-order valence-electron chi connectivity index (χ0n) is 24.9. The standard InChI is InChI=1S/C34H36FN3O5S/c1-4-36-34(40)32(22-26-8-6-5-7-9-26)37(23-27-12-14-28(35)15-13-27)33(39)24-38(29-16-18-30(43-3)19-17-29)44(41,42)31-20-10-25(2)11-21-31/h5-21,32H,4,22-24H2,1-3H3,(H,36,40)/t32-/m0/s1. The van der Waals surface area contributed by atoms with Crippen LogP contribution in [-0.2, 0) is 32.6 Å². The number of ether oxygens (including phenoxy) is 1. The van der Waals surface area contributed by atoms with Gasteiger partial charge in [-0.2, -0.15) is 0 Å². The molecule has 0 spiro atoms. The van der Waals surface area contributed by atoms with Crippen molar-refractivity contribution < 1.29 is 27.1 Å². The molecule has 0 saturated carbocycles. The quantitative estimate of drug-likeness (QED) is 0.225. The first-order valence-corrected chi connectivity index (χ1v) is 15.7. The van der Waals surface area contributed by atoms with Gasteiger partial charge in [-0.3, -0.25) is 13.9 Å². The zero-order chi connectivity index (χ0) is 31.7. The fourth-order valence-corrected chi connectivity index (χ4v) is 6.16. The predicted molar refractivity (Wildman–Crippen MR) is 168 cm³/mol. The molecule has 8 nitrogen and oxygen atoms in total. The van der Waals surface area contributed by atoms with E-state index in [1.54, 1.807) is 43.3 Å². The Hall–Kier alpha value is -4.70. The summed E-state index contributed by atoms with van der Waals surface area (Å²) in [4.78, 5) is 29.2. The van der Waals surface area contributed by atoms with Crippen LogP contribution in [0.5, 0.6) is 5.75 Å². The molecular formula is C34H36FN3O5S. The van der Waals surface area contributed by atoms with Crippen LogP contribution in [0.15, 0.2) is 108 Å². The number of benzene rings is 4. The number of methoxy groups -OCH3 is 1. The molecular weight excluding hydrogens is 581 g/mol. The van der Waals surface area contributed by atoms with Gasteiger partial charge in [0.2, 0.25) is 11.8 Å². The van der Waals surface area contributed by atoms with E-state index in [1.165, 1.54) is 48.4 Å². The molecule has 0 bridgehead atoms. The van der Waals surface area contributed by atoms with Gasteiger partial charge in [-0.05, 0) is 73.5 Å². The minimum absolute atomic E-state index is 0.0152. The number of nitrogens with one attached hydrogen (secondary N) is 1. The van der Waals surface area contributed by atoms with E-state index in [2.05, 4.69) is 5.32 Å². The zero-order valence-corrected chi connectivity index (χ0v) is 25.8. The molecule has 4 aromatic rings. The van der Waals surface area contributed by atoms with Crippen molar-refractivity contribution >= 4 is 27.5 Å². The average molecular weight is 618 g/mol. The van der Waals surface area contributed by atoms with Crippen molar-refractivity contribution in [2.75, 3.05) is 24.5 Å². The van der Waals surface area contributed by atoms with E-state index in [9.17, 15) is 22.4 Å². The number of hydrogen-bond acceptors (Lipinski definition) is 5. The average Bonchev–Trinajstić information content (AvgIpc) is 3.03. The predicted octanol–water partition coefficient (Wildman–Crippen LogP) is 5.11. The molecule has 0 aliphatic carbocycles. The normalized spacial score (nSPS) is 11.8. The fourth-order valence-electron chi connectivity index (χ4n) is 4.75. The molecule has 1 atom stereocenters. The molecule has 0 unspecified atom stereocenters. The third-order valence-corrected chi connectivity index (χ3v) is 8.92. The van der Waals surface area contributed by atoms with Crippen LogP contribution >= 0.6 is 0 Å². The van der Waals surface area contributed by atoms with Crippen LogP contribution in [0.2, 0.25) is 0 Å². The number of nitrogens with zero attached hydrogens (tertiary/aromatic N) is 2. The van der Waals surface area contributed by atoms with E-state index < -0.39 is 34.3 Å². The van der Waals surface area contributed by atoms with E-state index in [4.69, 9.17) is 4.74 Å². The molecule has 4 rings (SSSR count). The number of hydrogen-bond donors (Lipinski definition) is 1. The molecule has 2 amide bonds. The number of likely N-dealkylation sites (N-methyl/N-ethyl adjacent to an activating group) is 1. The molecule has 0 aliphatic rings. The SMILES string of the molecule is CCNC(=O)[C@H](Cc1ccccc1)N(Cc1ccc(F)cc1)C(=O)CN(c1ccc(OC)cc1)S(=O)(=O)c1ccc(C)cc1. The van der Waals surface area contributed by atoms with Crippen molar-refractivity contribution in [1.82, 2.24) is 10.2 Å². The first-order valence-electron chi connectivity index (χ1n) is 14.2. The second-order valence-corrected chi connectivity index (χ2v) is 12.1. The minimum atomic E-state index is -4.22. The van der Waals surface area contributed by atoms with Gasteiger partial charge in [0.15, 0.2) is 0 Å². The lowest BCUT2D eigenvalue weighted by molar-refractivity contribution is -0.140. The van der Waals surface area contributed by atoms with Crippen LogP contribution in [0.1, 0.15) is 23.6 Å². The van der Waals surface area contributed by atoms with Gasteiger partial charge >= 0.3 is 0 Å². The Morgan fingerprint density at radius 1 is 0.864 bits per heavy atom. The maximum absolute atomic E-state index is 14.3. The highest BCUT2D eigenvalue weighted by Crippen LogP contribution is 2.27. The van der Waals surface area contributed by atoms with E-state index in [-0.39, 0.29) is 29.5 Å². The lowest BCUT2D eigenvalue weighted by Gasteiger charge is -2.33. The van der Waals surface area contributed by atoms with Crippen LogP contribution < -0.4 is 14.4 Å². The van der Waals surface area contributed by atoms with Crippen LogP contribution in [0, 0.1) is 12.7 Å². The second-order valence-electron chi connectivity index (χ2n) is 10.3. The molecule has 0 radical (unpaired) electrons. The molecule has 0 heterocycles. The van der Waals surface area contributed by atoms with E-state index >= 15 is 0 Å². The van der Waals surface area contributed by atoms with Gasteiger partial charge in [-0.15, -0.1) is 0 Å². The van der Waals surface area contributed by atoms with Crippen molar-refractivity contribution in [2.24, 2.45) is 0 Å². The van der Waals surface area contributed by atoms with Crippen LogP contribution in [0.4, 0.5) is 10.1 Å². The number of rotatable bonds is 13. The minimum Gasteiger partial charge on any atom is -0.497 e. The maximum Gasteiger partial charge on any atom is 0.264 e. The highest BCUT2D eigenvalue weighted by atomic mass is 32.2. The topological polar surface area (TPSA) is 96.0 Å². The number of carbonyl (C=O) groups excluding carboxylic acids is 2. The summed E-state index contributed by atoms with van der Waals surface area (Å²) in [7, 11) is -2.72. The van der Waals surface area contributed by atoms with Crippen molar-refractivity contribution in [2.45, 2.75) is 37.8 Å². The molecule has 0 aromatic heterocycles. The van der Waals surface area contributed by atoms with E-state index in [0.29, 0.717) is 17.9 Å². The van der Waals surface area contributed by atoms with Gasteiger partial charge in [-0.25, -0.2) is 12.8 Å². The Bertz CT molecular complexity index is 1650. The molecule has 0 saturated heterocycles. The molecule has 4 aromatic carbocycles. The van der Waals surface area contributed by atoms with Crippen LogP contribution in [0.25, 0.3) is 0 Å². The first kappa shape index (κ1) is 32.2. The summed E-state index contributed by atoms with van der Waals surface area (Å²) in [5, 5.41) is 2.82. The number of sulfonamides is 1. The van der Waals surface area contributed by atoms with Gasteiger partial charge in [0, 0.05) is 19.5 Å². The summed E-state index contributed by atoms with van der Waals surface area (Å²) in [5.41, 5.74) is 2.53. The van der Waals surface area contributed by atoms with E-state index in [1.807, 2.05) is 37.3 Å². The van der Waals surface area contributed by atoms with Crippen LogP contribution in [0.3, 0.4) is 0 Å². The third kappa shape index (κ3) is 8.02. The van der Waals surface area contributed by atoms with Gasteiger partial charge in [0.05, 0.1) is 17.7 Å². The number of anilines is 1. The van der Waals surface area contributed by atoms with Gasteiger partial charge < -0.3 is 15.0 Å². The molecule has 1 N–H and O–H groups in total. The largest absolute Gasteiger partial charge is 0.497 e. The number of halogens is 1. The van der Waals surface area contributed by atoms with Gasteiger partial charge in [0.25, 0.3) is 10.0 Å². The summed E-state index contributed by atoms with van der Waals surface area (Å²) < 4.78 is 48.2. The monoisotopic (exact) mass is 617 g/mol. The smallest absolute Gasteiger partial charge is 0.264 e. The molecule has 230 valence electrons. The second kappa shape index (κ2) is 14.7. The Kier molecular flexibility index (Phi) is 10.7. The third-order valence-electron chi connectivity index (χ3n) is 7.14. The summed E-state index contributed by atoms with van der Waals surface area (Å²) in [6.07, 6.45) is 0.187. The molecule has 44 heavy (non-hydrogen) atoms. The number of aryl methyl sites for hydroxylation is 1. The van der Waals surface area contributed by atoms with Gasteiger partial charge in [0.1, 0.15) is 24.2 Å². The van der Waals surface area contributed by atoms with Crippen molar-refractivity contribution in [3.05, 3.63) is 126 Å². The summed E-state index contributed by atoms with van der Waals surface area (Å²) in [5.74, 6) is -0.909. The Morgan fingerprint density at radius 3 is 2.09 bits per heavy atom. The summed E-state index contributed by atoms with van der Waals surface area (Å²) >= 11 is 0. The fraction of sp³-hybridized carbons (Fsp3) is 0.235. The van der Waals surface area contributed by atoms with E-state index in [0.717, 1.165) is 15.4 Å².